The first-order chi connectivity index (χ1) is 9.22. The van der Waals surface area contributed by atoms with Gasteiger partial charge in [-0.05, 0) is 0 Å². The van der Waals surface area contributed by atoms with Gasteiger partial charge in [0.25, 0.3) is 5.91 Å². The lowest BCUT2D eigenvalue weighted by molar-refractivity contribution is -0.140. The highest BCUT2D eigenvalue weighted by Crippen LogP contribution is 2.22. The van der Waals surface area contributed by atoms with Gasteiger partial charge in [-0.25, -0.2) is 26.7 Å². The normalized spacial score (nSPS) is 12.1. The maximum Gasteiger partial charge on any atom is 0.328 e. The summed E-state index contributed by atoms with van der Waals surface area (Å²) in [4.78, 5) is 21.8. The highest BCUT2D eigenvalue weighted by Gasteiger charge is 2.31. The molecule has 0 saturated carbocycles. The molecular weight excluding hydrogens is 293 g/mol. The molecule has 0 aromatic heterocycles. The molecule has 0 aliphatic carbocycles. The number of aliphatic hydroxyl groups is 1. The minimum absolute atomic E-state index is 1.14. The summed E-state index contributed by atoms with van der Waals surface area (Å²) in [5.41, 5.74) is -1.83. The molecule has 0 aliphatic rings. The van der Waals surface area contributed by atoms with Crippen LogP contribution in [0.15, 0.2) is 0 Å². The molecule has 3 N–H and O–H groups in total. The van der Waals surface area contributed by atoms with Gasteiger partial charge in [0.15, 0.2) is 29.3 Å². The predicted molar refractivity (Wildman–Crippen MR) is 52.2 cm³/mol. The Morgan fingerprint density at radius 1 is 0.950 bits per heavy atom. The molecule has 0 bridgehead atoms. The Bertz CT molecular complexity index is 548. The monoisotopic (exact) mass is 299 g/mol. The second-order valence-corrected chi connectivity index (χ2v) is 3.49. The highest BCUT2D eigenvalue weighted by molar-refractivity contribution is 5.97. The lowest BCUT2D eigenvalue weighted by atomic mass is 10.1. The zero-order valence-corrected chi connectivity index (χ0v) is 9.39. The zero-order valence-electron chi connectivity index (χ0n) is 9.39. The number of carbonyl (C=O) groups is 2. The van der Waals surface area contributed by atoms with Gasteiger partial charge in [-0.2, -0.15) is 0 Å². The number of benzene rings is 1. The number of rotatable bonds is 4. The summed E-state index contributed by atoms with van der Waals surface area (Å²) in [6, 6.07) is -1.96. The quantitative estimate of drug-likeness (QED) is 0.431. The molecule has 20 heavy (non-hydrogen) atoms. The van der Waals surface area contributed by atoms with Crippen LogP contribution >= 0.6 is 0 Å². The third-order valence-electron chi connectivity index (χ3n) is 2.22. The average molecular weight is 299 g/mol. The maximum absolute atomic E-state index is 13.2. The number of carbonyl (C=O) groups excluding carboxylic acids is 1. The van der Waals surface area contributed by atoms with Crippen molar-refractivity contribution >= 4 is 11.9 Å². The van der Waals surface area contributed by atoms with E-state index in [2.05, 4.69) is 0 Å². The van der Waals surface area contributed by atoms with Crippen LogP contribution in [0.1, 0.15) is 10.4 Å². The van der Waals surface area contributed by atoms with E-state index in [1.807, 2.05) is 0 Å². The van der Waals surface area contributed by atoms with Gasteiger partial charge in [-0.1, -0.05) is 0 Å². The van der Waals surface area contributed by atoms with Gasteiger partial charge in [0.05, 0.1) is 6.61 Å². The van der Waals surface area contributed by atoms with Crippen LogP contribution in [0.4, 0.5) is 22.0 Å². The summed E-state index contributed by atoms with van der Waals surface area (Å²) in [5, 5.41) is 18.5. The Balaban J connectivity index is 3.27. The SMILES string of the molecule is O=C(N[C@@H](CO)C(=O)O)c1c(F)c(F)c(F)c(F)c1F. The number of carboxylic acids is 1. The van der Waals surface area contributed by atoms with Gasteiger partial charge in [-0.3, -0.25) is 4.79 Å². The Hall–Kier alpha value is -2.23. The maximum atomic E-state index is 13.2. The van der Waals surface area contributed by atoms with E-state index < -0.39 is 59.2 Å². The average Bonchev–Trinajstić information content (AvgIpc) is 2.40. The molecule has 10 heteroatoms. The first-order valence-corrected chi connectivity index (χ1v) is 4.88. The van der Waals surface area contributed by atoms with E-state index in [4.69, 9.17) is 10.2 Å². The van der Waals surface area contributed by atoms with Crippen molar-refractivity contribution in [3.8, 4) is 0 Å². The lowest BCUT2D eigenvalue weighted by Crippen LogP contribution is -2.44. The van der Waals surface area contributed by atoms with Gasteiger partial charge in [0.2, 0.25) is 5.82 Å². The van der Waals surface area contributed by atoms with Crippen molar-refractivity contribution < 1.29 is 41.8 Å². The smallest absolute Gasteiger partial charge is 0.328 e. The number of aliphatic carboxylic acids is 1. The van der Waals surface area contributed by atoms with Crippen LogP contribution in [-0.2, 0) is 4.79 Å². The summed E-state index contributed by atoms with van der Waals surface area (Å²) in [6.45, 7) is -1.14. The van der Waals surface area contributed by atoms with Crippen LogP contribution in [0.3, 0.4) is 0 Å². The molecule has 0 fully saturated rings. The molecule has 1 atom stereocenters. The van der Waals surface area contributed by atoms with Crippen molar-refractivity contribution in [3.05, 3.63) is 34.6 Å². The van der Waals surface area contributed by atoms with E-state index in [1.165, 1.54) is 5.32 Å². The van der Waals surface area contributed by atoms with Crippen molar-refractivity contribution in [1.82, 2.24) is 5.32 Å². The fourth-order valence-electron chi connectivity index (χ4n) is 1.22. The third-order valence-corrected chi connectivity index (χ3v) is 2.22. The number of halogens is 5. The second-order valence-electron chi connectivity index (χ2n) is 3.49. The van der Waals surface area contributed by atoms with Crippen molar-refractivity contribution in [3.63, 3.8) is 0 Å². The van der Waals surface area contributed by atoms with Crippen molar-refractivity contribution in [2.45, 2.75) is 6.04 Å². The highest BCUT2D eigenvalue weighted by atomic mass is 19.2. The summed E-state index contributed by atoms with van der Waals surface area (Å²) in [6.07, 6.45) is 0. The first-order valence-electron chi connectivity index (χ1n) is 4.88. The summed E-state index contributed by atoms with van der Waals surface area (Å²) in [5.74, 6) is -15.6. The van der Waals surface area contributed by atoms with E-state index in [0.717, 1.165) is 0 Å². The van der Waals surface area contributed by atoms with Gasteiger partial charge >= 0.3 is 5.97 Å². The zero-order chi connectivity index (χ0) is 15.6. The molecular formula is C10H6F5NO4. The van der Waals surface area contributed by atoms with Crippen molar-refractivity contribution in [2.75, 3.05) is 6.61 Å². The number of carboxylic acid groups (broad SMARTS) is 1. The number of aliphatic hydroxyl groups excluding tert-OH is 1. The molecule has 0 radical (unpaired) electrons. The minimum atomic E-state index is -2.45. The molecule has 0 aliphatic heterocycles. The molecule has 1 aromatic carbocycles. The molecule has 0 heterocycles. The van der Waals surface area contributed by atoms with E-state index in [9.17, 15) is 31.5 Å². The van der Waals surface area contributed by atoms with Crippen LogP contribution in [0.25, 0.3) is 0 Å². The topological polar surface area (TPSA) is 86.6 Å². The predicted octanol–water partition coefficient (Wildman–Crippen LogP) is 0.557. The second kappa shape index (κ2) is 5.82. The van der Waals surface area contributed by atoms with Gasteiger partial charge in [0, 0.05) is 0 Å². The Kier molecular flexibility index (Phi) is 4.61. The number of hydrogen-bond acceptors (Lipinski definition) is 3. The van der Waals surface area contributed by atoms with Gasteiger partial charge in [0.1, 0.15) is 5.56 Å². The molecule has 1 amide bonds. The van der Waals surface area contributed by atoms with E-state index in [1.54, 1.807) is 0 Å². The fourth-order valence-corrected chi connectivity index (χ4v) is 1.22. The summed E-state index contributed by atoms with van der Waals surface area (Å²) < 4.78 is 64.8. The summed E-state index contributed by atoms with van der Waals surface area (Å²) >= 11 is 0. The van der Waals surface area contributed by atoms with Gasteiger partial charge < -0.3 is 15.5 Å². The minimum Gasteiger partial charge on any atom is -0.480 e. The Morgan fingerprint density at radius 3 is 1.70 bits per heavy atom. The molecule has 1 rings (SSSR count). The van der Waals surface area contributed by atoms with E-state index in [-0.39, 0.29) is 0 Å². The first kappa shape index (κ1) is 15.8. The molecule has 0 spiro atoms. The third kappa shape index (κ3) is 2.69. The van der Waals surface area contributed by atoms with Crippen LogP contribution in [0, 0.1) is 29.1 Å². The molecule has 1 aromatic rings. The fraction of sp³-hybridized carbons (Fsp3) is 0.200. The number of nitrogens with one attached hydrogen (secondary N) is 1. The van der Waals surface area contributed by atoms with Gasteiger partial charge in [-0.15, -0.1) is 0 Å². The molecule has 110 valence electrons. The van der Waals surface area contributed by atoms with E-state index >= 15 is 0 Å². The Labute approximate surface area is 107 Å². The van der Waals surface area contributed by atoms with Crippen LogP contribution in [-0.4, -0.2) is 34.7 Å². The number of amides is 1. The standard InChI is InChI=1S/C10H6F5NO4/c11-4-3(5(12)7(14)8(15)6(4)13)9(18)16-2(1-17)10(19)20/h2,17H,1H2,(H,16,18)(H,19,20)/t2-/m0/s1. The van der Waals surface area contributed by atoms with Crippen LogP contribution in [0.5, 0.6) is 0 Å². The van der Waals surface area contributed by atoms with Crippen LogP contribution < -0.4 is 5.32 Å². The van der Waals surface area contributed by atoms with Crippen LogP contribution in [0.2, 0.25) is 0 Å². The largest absolute Gasteiger partial charge is 0.480 e. The molecule has 0 unspecified atom stereocenters. The summed E-state index contributed by atoms with van der Waals surface area (Å²) in [7, 11) is 0. The molecule has 5 nitrogen and oxygen atoms in total. The van der Waals surface area contributed by atoms with Crippen molar-refractivity contribution in [1.29, 1.82) is 0 Å². The van der Waals surface area contributed by atoms with Crippen molar-refractivity contribution in [2.24, 2.45) is 0 Å². The van der Waals surface area contributed by atoms with E-state index in [0.29, 0.717) is 0 Å². The Morgan fingerprint density at radius 2 is 1.35 bits per heavy atom. The molecule has 0 saturated heterocycles. The lowest BCUT2D eigenvalue weighted by Gasteiger charge is -2.13. The number of hydrogen-bond donors (Lipinski definition) is 3.